The molecule has 0 amide bonds. The summed E-state index contributed by atoms with van der Waals surface area (Å²) >= 11 is 0. The fourth-order valence-electron chi connectivity index (χ4n) is 4.41. The van der Waals surface area contributed by atoms with Gasteiger partial charge in [-0.25, -0.2) is 4.57 Å². The van der Waals surface area contributed by atoms with Gasteiger partial charge < -0.3 is 4.74 Å². The molecule has 0 aliphatic carbocycles. The molecule has 4 aromatic rings. The van der Waals surface area contributed by atoms with E-state index in [1.54, 1.807) is 0 Å². The molecule has 0 fully saturated rings. The zero-order valence-electron chi connectivity index (χ0n) is 17.3. The third-order valence-corrected chi connectivity index (χ3v) is 8.05. The summed E-state index contributed by atoms with van der Waals surface area (Å²) in [5.74, 6) is 1.93. The monoisotopic (exact) mass is 385 g/mol. The van der Waals surface area contributed by atoms with E-state index in [9.17, 15) is 0 Å². The summed E-state index contributed by atoms with van der Waals surface area (Å²) in [5.41, 5.74) is 5.89. The summed E-state index contributed by atoms with van der Waals surface area (Å²) in [7, 11) is 0.589. The van der Waals surface area contributed by atoms with Gasteiger partial charge in [-0.05, 0) is 47.3 Å². The van der Waals surface area contributed by atoms with Crippen molar-refractivity contribution < 1.29 is 9.30 Å². The highest BCUT2D eigenvalue weighted by Crippen LogP contribution is 2.49. The Labute approximate surface area is 166 Å². The first-order chi connectivity index (χ1) is 13.3. The summed E-state index contributed by atoms with van der Waals surface area (Å²) in [6.45, 7) is 11.5. The van der Waals surface area contributed by atoms with Gasteiger partial charge >= 0.3 is 0 Å². The molecule has 0 atom stereocenters. The fraction of sp³-hybridized carbons (Fsp3) is 0.250. The van der Waals surface area contributed by atoms with Gasteiger partial charge in [0.2, 0.25) is 0 Å². The molecular formula is C24H25N2OSi+. The van der Waals surface area contributed by atoms with E-state index in [2.05, 4.69) is 81.5 Å². The Balaban J connectivity index is 1.97. The van der Waals surface area contributed by atoms with Crippen LogP contribution in [0.1, 0.15) is 11.1 Å². The lowest BCUT2D eigenvalue weighted by Crippen LogP contribution is -2.38. The van der Waals surface area contributed by atoms with E-state index in [1.807, 2.05) is 6.33 Å². The molecule has 3 nitrogen and oxygen atoms in total. The maximum atomic E-state index is 6.63. The topological polar surface area (TPSA) is 26.0 Å². The average Bonchev–Trinajstić information content (AvgIpc) is 2.67. The normalized spacial score (nSPS) is 12.9. The zero-order valence-corrected chi connectivity index (χ0v) is 18.3. The van der Waals surface area contributed by atoms with Gasteiger partial charge in [0.25, 0.3) is 6.33 Å². The van der Waals surface area contributed by atoms with E-state index in [4.69, 9.17) is 9.72 Å². The van der Waals surface area contributed by atoms with Crippen molar-refractivity contribution in [2.75, 3.05) is 0 Å². The van der Waals surface area contributed by atoms with E-state index in [1.165, 1.54) is 38.3 Å². The number of benzene rings is 3. The maximum absolute atomic E-state index is 6.63. The van der Waals surface area contributed by atoms with Crippen LogP contribution in [0.3, 0.4) is 0 Å². The van der Waals surface area contributed by atoms with Crippen molar-refractivity contribution in [2.45, 2.75) is 33.5 Å². The zero-order chi connectivity index (χ0) is 19.8. The summed E-state index contributed by atoms with van der Waals surface area (Å²) in [5, 5.41) is 5.05. The van der Waals surface area contributed by atoms with Gasteiger partial charge in [-0.3, -0.25) is 0 Å². The Morgan fingerprint density at radius 3 is 2.32 bits per heavy atom. The number of hydrogen-bond donors (Lipinski definition) is 0. The number of fused-ring (bicyclic) bond motifs is 3. The van der Waals surface area contributed by atoms with Crippen LogP contribution < -0.4 is 14.5 Å². The minimum Gasteiger partial charge on any atom is -0.455 e. The van der Waals surface area contributed by atoms with E-state index in [0.717, 1.165) is 22.4 Å². The van der Waals surface area contributed by atoms with Crippen LogP contribution in [0, 0.1) is 13.8 Å². The first kappa shape index (κ1) is 17.4. The van der Waals surface area contributed by atoms with Gasteiger partial charge in [-0.1, -0.05) is 49.1 Å². The van der Waals surface area contributed by atoms with Gasteiger partial charge in [-0.2, -0.15) is 0 Å². The molecule has 3 aromatic carbocycles. The van der Waals surface area contributed by atoms with E-state index >= 15 is 0 Å². The third-order valence-electron chi connectivity index (χ3n) is 6.03. The van der Waals surface area contributed by atoms with Gasteiger partial charge in [0.05, 0.1) is 20.7 Å². The molecule has 0 saturated carbocycles. The Morgan fingerprint density at radius 2 is 1.64 bits per heavy atom. The van der Waals surface area contributed by atoms with Gasteiger partial charge in [0.15, 0.2) is 11.2 Å². The molecule has 4 heteroatoms. The molecule has 0 unspecified atom stereocenters. The van der Waals surface area contributed by atoms with Crippen LogP contribution >= 0.6 is 0 Å². The average molecular weight is 386 g/mol. The molecule has 1 aliphatic rings. The van der Waals surface area contributed by atoms with Crippen molar-refractivity contribution in [3.63, 3.8) is 0 Å². The first-order valence-electron chi connectivity index (χ1n) is 9.80. The molecule has 0 spiro atoms. The molecule has 0 saturated heterocycles. The molecular weight excluding hydrogens is 360 g/mol. The van der Waals surface area contributed by atoms with Crippen LogP contribution in [0.15, 0.2) is 42.7 Å². The van der Waals surface area contributed by atoms with Crippen molar-refractivity contribution in [1.29, 1.82) is 0 Å². The quantitative estimate of drug-likeness (QED) is 0.295. The van der Waals surface area contributed by atoms with Crippen LogP contribution in [-0.4, -0.2) is 13.1 Å². The summed E-state index contributed by atoms with van der Waals surface area (Å²) < 4.78 is 8.77. The predicted octanol–water partition coefficient (Wildman–Crippen LogP) is 5.15. The molecule has 0 N–H and O–H groups in total. The number of aryl methyl sites for hydroxylation is 3. The summed E-state index contributed by atoms with van der Waals surface area (Å²) in [6, 6.07) is 13.1. The predicted molar refractivity (Wildman–Crippen MR) is 118 cm³/mol. The number of rotatable bonds is 1. The minimum atomic E-state index is -1.49. The third kappa shape index (κ3) is 2.27. The number of aromatic nitrogens is 2. The lowest BCUT2D eigenvalue weighted by atomic mass is 9.90. The Hall–Kier alpha value is -2.72. The fourth-order valence-corrected chi connectivity index (χ4v) is 5.55. The Kier molecular flexibility index (Phi) is 3.50. The Bertz CT molecular complexity index is 1300. The molecule has 1 aromatic heterocycles. The van der Waals surface area contributed by atoms with Crippen LogP contribution in [-0.2, 0) is 7.05 Å². The van der Waals surface area contributed by atoms with E-state index in [0.29, 0.717) is 0 Å². The number of nitrogens with zero attached hydrogens (tertiary/aromatic N) is 2. The maximum Gasteiger partial charge on any atom is 0.287 e. The van der Waals surface area contributed by atoms with Gasteiger partial charge in [0, 0.05) is 5.56 Å². The highest BCUT2D eigenvalue weighted by atomic mass is 28.3. The number of hydrogen-bond acceptors (Lipinski definition) is 2. The molecule has 0 bridgehead atoms. The standard InChI is InChI=1S/C24H25N2OSi/c1-14-17-9-7-8-10-18(17)15(2)24-21(14)23-22-19(25-13-26(23)3)11-16(28(4,5)6)12-20(22)27-24/h7-13H,1-6H3/q+1. The van der Waals surface area contributed by atoms with Crippen molar-refractivity contribution in [3.8, 4) is 22.8 Å². The number of ether oxygens (including phenoxy) is 1. The van der Waals surface area contributed by atoms with Gasteiger partial charge in [-0.15, -0.1) is 0 Å². The van der Waals surface area contributed by atoms with Crippen LogP contribution in [0.2, 0.25) is 19.6 Å². The lowest BCUT2D eigenvalue weighted by molar-refractivity contribution is -0.662. The summed E-state index contributed by atoms with van der Waals surface area (Å²) in [6.07, 6.45) is 1.94. The van der Waals surface area contributed by atoms with Crippen LogP contribution in [0.5, 0.6) is 11.5 Å². The largest absolute Gasteiger partial charge is 0.455 e. The first-order valence-corrected chi connectivity index (χ1v) is 13.3. The van der Waals surface area contributed by atoms with Crippen LogP contribution in [0.25, 0.3) is 32.9 Å². The second-order valence-electron chi connectivity index (χ2n) is 8.92. The molecule has 28 heavy (non-hydrogen) atoms. The molecule has 140 valence electrons. The molecule has 0 radical (unpaired) electrons. The molecule has 1 aliphatic heterocycles. The molecule has 2 heterocycles. The summed E-state index contributed by atoms with van der Waals surface area (Å²) in [4.78, 5) is 4.75. The van der Waals surface area contributed by atoms with Gasteiger partial charge in [0.1, 0.15) is 16.9 Å². The van der Waals surface area contributed by atoms with Crippen molar-refractivity contribution in [1.82, 2.24) is 4.98 Å². The molecule has 5 rings (SSSR count). The second-order valence-corrected chi connectivity index (χ2v) is 14.0. The van der Waals surface area contributed by atoms with E-state index in [-0.39, 0.29) is 0 Å². The second kappa shape index (κ2) is 5.64. The van der Waals surface area contributed by atoms with Crippen LogP contribution in [0.4, 0.5) is 0 Å². The minimum absolute atomic E-state index is 0.943. The van der Waals surface area contributed by atoms with Crippen molar-refractivity contribution >= 4 is 34.9 Å². The Morgan fingerprint density at radius 1 is 0.964 bits per heavy atom. The smallest absolute Gasteiger partial charge is 0.287 e. The lowest BCUT2D eigenvalue weighted by Gasteiger charge is -2.26. The van der Waals surface area contributed by atoms with Crippen molar-refractivity contribution in [3.05, 3.63) is 53.9 Å². The van der Waals surface area contributed by atoms with Crippen molar-refractivity contribution in [2.24, 2.45) is 7.05 Å². The highest BCUT2D eigenvalue weighted by Gasteiger charge is 2.32. The SMILES string of the molecule is Cc1c2c(c(C)c3ccccc13)-c1c3c(cc([Si](C)(C)C)cc3nc[n+]1C)O2. The highest BCUT2D eigenvalue weighted by molar-refractivity contribution is 6.88. The van der Waals surface area contributed by atoms with E-state index < -0.39 is 8.07 Å².